The lowest BCUT2D eigenvalue weighted by Crippen LogP contribution is -2.50. The Hall–Kier alpha value is -2.80. The van der Waals surface area contributed by atoms with E-state index in [1.165, 1.54) is 6.07 Å². The van der Waals surface area contributed by atoms with Gasteiger partial charge in [-0.3, -0.25) is 9.59 Å². The van der Waals surface area contributed by atoms with Gasteiger partial charge in [0.25, 0.3) is 11.8 Å². The maximum atomic E-state index is 12.6. The third kappa shape index (κ3) is 3.98. The van der Waals surface area contributed by atoms with Gasteiger partial charge < -0.3 is 19.3 Å². The van der Waals surface area contributed by atoms with E-state index < -0.39 is 5.97 Å². The maximum absolute atomic E-state index is 12.6. The van der Waals surface area contributed by atoms with E-state index in [4.69, 9.17) is 16.0 Å². The van der Waals surface area contributed by atoms with Gasteiger partial charge in [0, 0.05) is 49.3 Å². The van der Waals surface area contributed by atoms with Crippen molar-refractivity contribution in [3.05, 3.63) is 58.0 Å². The summed E-state index contributed by atoms with van der Waals surface area (Å²) in [5.41, 5.74) is 0.516. The van der Waals surface area contributed by atoms with Gasteiger partial charge in [-0.1, -0.05) is 24.6 Å². The van der Waals surface area contributed by atoms with Crippen molar-refractivity contribution < 1.29 is 23.9 Å². The van der Waals surface area contributed by atoms with Gasteiger partial charge in [0.1, 0.15) is 11.3 Å². The molecule has 1 aliphatic rings. The van der Waals surface area contributed by atoms with Crippen LogP contribution in [0.1, 0.15) is 44.0 Å². The second-order valence-electron chi connectivity index (χ2n) is 6.20. The fourth-order valence-corrected chi connectivity index (χ4v) is 3.24. The molecule has 8 heteroatoms. The van der Waals surface area contributed by atoms with Crippen LogP contribution < -0.4 is 0 Å². The first-order valence-electron chi connectivity index (χ1n) is 8.60. The third-order valence-electron chi connectivity index (χ3n) is 4.50. The van der Waals surface area contributed by atoms with Crippen molar-refractivity contribution in [2.75, 3.05) is 26.2 Å². The first-order chi connectivity index (χ1) is 12.9. The first-order valence-corrected chi connectivity index (χ1v) is 8.98. The Morgan fingerprint density at radius 1 is 1.07 bits per heavy atom. The molecule has 142 valence electrons. The summed E-state index contributed by atoms with van der Waals surface area (Å²) in [6, 6.07) is 8.01. The van der Waals surface area contributed by atoms with E-state index in [9.17, 15) is 19.5 Å². The zero-order valence-corrected chi connectivity index (χ0v) is 15.5. The van der Waals surface area contributed by atoms with Crippen LogP contribution in [0.15, 0.2) is 34.7 Å². The van der Waals surface area contributed by atoms with Crippen molar-refractivity contribution in [1.29, 1.82) is 0 Å². The van der Waals surface area contributed by atoms with Gasteiger partial charge >= 0.3 is 5.97 Å². The van der Waals surface area contributed by atoms with Crippen molar-refractivity contribution in [2.24, 2.45) is 0 Å². The largest absolute Gasteiger partial charge is 0.478 e. The second kappa shape index (κ2) is 7.84. The van der Waals surface area contributed by atoms with Crippen LogP contribution in [0.5, 0.6) is 0 Å². The van der Waals surface area contributed by atoms with Crippen molar-refractivity contribution in [2.45, 2.75) is 13.3 Å². The number of hydrogen-bond acceptors (Lipinski definition) is 4. The number of halogens is 1. The molecule has 2 aromatic rings. The predicted octanol–water partition coefficient (Wildman–Crippen LogP) is 2.79. The molecule has 1 saturated heterocycles. The SMILES string of the molecule is CCc1oc(C(=O)N2CCN(C(=O)c3cccc(Cl)c3)CC2)cc1C(=O)O. The third-order valence-corrected chi connectivity index (χ3v) is 4.73. The monoisotopic (exact) mass is 390 g/mol. The van der Waals surface area contributed by atoms with Gasteiger partial charge in [-0.15, -0.1) is 0 Å². The average Bonchev–Trinajstić information content (AvgIpc) is 3.12. The van der Waals surface area contributed by atoms with E-state index in [1.807, 2.05) is 0 Å². The molecular weight excluding hydrogens is 372 g/mol. The van der Waals surface area contributed by atoms with Crippen LogP contribution in [0.4, 0.5) is 0 Å². The molecule has 1 aromatic carbocycles. The zero-order valence-electron chi connectivity index (χ0n) is 14.8. The van der Waals surface area contributed by atoms with Crippen LogP contribution in [-0.4, -0.2) is 58.9 Å². The molecule has 1 fully saturated rings. The summed E-state index contributed by atoms with van der Waals surface area (Å²) < 4.78 is 5.43. The summed E-state index contributed by atoms with van der Waals surface area (Å²) >= 11 is 5.93. The number of nitrogens with zero attached hydrogens (tertiary/aromatic N) is 2. The summed E-state index contributed by atoms with van der Waals surface area (Å²) in [4.78, 5) is 39.6. The van der Waals surface area contributed by atoms with Gasteiger partial charge in [-0.25, -0.2) is 4.79 Å². The molecule has 0 bridgehead atoms. The summed E-state index contributed by atoms with van der Waals surface area (Å²) in [5.74, 6) is -1.33. The number of furan rings is 1. The van der Waals surface area contributed by atoms with E-state index in [1.54, 1.807) is 41.0 Å². The van der Waals surface area contributed by atoms with Crippen molar-refractivity contribution in [1.82, 2.24) is 9.80 Å². The predicted molar refractivity (Wildman–Crippen MR) is 98.3 cm³/mol. The molecule has 2 amide bonds. The highest BCUT2D eigenvalue weighted by atomic mass is 35.5. The molecule has 1 N–H and O–H groups in total. The van der Waals surface area contributed by atoms with E-state index >= 15 is 0 Å². The Balaban J connectivity index is 1.66. The van der Waals surface area contributed by atoms with Crippen LogP contribution >= 0.6 is 11.6 Å². The standard InChI is InChI=1S/C19H19ClN2O5/c1-2-15-14(19(25)26)11-16(27-15)18(24)22-8-6-21(7-9-22)17(23)12-4-3-5-13(20)10-12/h3-5,10-11H,2,6-9H2,1H3,(H,25,26). The van der Waals surface area contributed by atoms with E-state index in [0.717, 1.165) is 0 Å². The van der Waals surface area contributed by atoms with Crippen LogP contribution in [0.25, 0.3) is 0 Å². The Kier molecular flexibility index (Phi) is 5.51. The summed E-state index contributed by atoms with van der Waals surface area (Å²) in [6.45, 7) is 3.21. The highest BCUT2D eigenvalue weighted by Crippen LogP contribution is 2.20. The molecule has 7 nitrogen and oxygen atoms in total. The smallest absolute Gasteiger partial charge is 0.339 e. The van der Waals surface area contributed by atoms with Crippen LogP contribution in [0, 0.1) is 0 Å². The lowest BCUT2D eigenvalue weighted by Gasteiger charge is -2.34. The van der Waals surface area contributed by atoms with Crippen molar-refractivity contribution >= 4 is 29.4 Å². The molecule has 27 heavy (non-hydrogen) atoms. The van der Waals surface area contributed by atoms with Gasteiger partial charge in [0.15, 0.2) is 5.76 Å². The molecule has 0 spiro atoms. The summed E-state index contributed by atoms with van der Waals surface area (Å²) in [5, 5.41) is 9.68. The Labute approximate surface area is 161 Å². The lowest BCUT2D eigenvalue weighted by molar-refractivity contribution is 0.0517. The number of carboxylic acids is 1. The number of carboxylic acid groups (broad SMARTS) is 1. The Bertz CT molecular complexity index is 884. The van der Waals surface area contributed by atoms with Crippen molar-refractivity contribution in [3.63, 3.8) is 0 Å². The topological polar surface area (TPSA) is 91.1 Å². The molecule has 1 aliphatic heterocycles. The average molecular weight is 391 g/mol. The highest BCUT2D eigenvalue weighted by molar-refractivity contribution is 6.30. The number of aromatic carboxylic acids is 1. The van der Waals surface area contributed by atoms with E-state index in [0.29, 0.717) is 43.2 Å². The van der Waals surface area contributed by atoms with Crippen LogP contribution in [0.2, 0.25) is 5.02 Å². The maximum Gasteiger partial charge on any atom is 0.339 e. The molecule has 0 saturated carbocycles. The fourth-order valence-electron chi connectivity index (χ4n) is 3.05. The number of piperazine rings is 1. The normalized spacial score (nSPS) is 14.3. The number of carbonyl (C=O) groups is 3. The number of amides is 2. The number of hydrogen-bond donors (Lipinski definition) is 1. The zero-order chi connectivity index (χ0) is 19.6. The molecule has 0 atom stereocenters. The number of rotatable bonds is 4. The molecule has 0 radical (unpaired) electrons. The molecule has 1 aromatic heterocycles. The van der Waals surface area contributed by atoms with Gasteiger partial charge in [-0.05, 0) is 18.2 Å². The van der Waals surface area contributed by atoms with E-state index in [-0.39, 0.29) is 28.9 Å². The summed E-state index contributed by atoms with van der Waals surface area (Å²) in [7, 11) is 0. The first kappa shape index (κ1) is 19.0. The molecular formula is C19H19ClN2O5. The Morgan fingerprint density at radius 2 is 1.70 bits per heavy atom. The quantitative estimate of drug-likeness (QED) is 0.866. The van der Waals surface area contributed by atoms with Gasteiger partial charge in [-0.2, -0.15) is 0 Å². The fraction of sp³-hybridized carbons (Fsp3) is 0.316. The summed E-state index contributed by atoms with van der Waals surface area (Å²) in [6.07, 6.45) is 0.386. The molecule has 3 rings (SSSR count). The number of carbonyl (C=O) groups excluding carboxylic acids is 2. The second-order valence-corrected chi connectivity index (χ2v) is 6.64. The van der Waals surface area contributed by atoms with Gasteiger partial charge in [0.05, 0.1) is 0 Å². The Morgan fingerprint density at radius 3 is 2.22 bits per heavy atom. The van der Waals surface area contributed by atoms with Crippen LogP contribution in [0.3, 0.4) is 0 Å². The lowest BCUT2D eigenvalue weighted by atomic mass is 10.1. The number of aryl methyl sites for hydroxylation is 1. The minimum Gasteiger partial charge on any atom is -0.478 e. The molecule has 0 unspecified atom stereocenters. The van der Waals surface area contributed by atoms with Crippen LogP contribution in [-0.2, 0) is 6.42 Å². The number of benzene rings is 1. The highest BCUT2D eigenvalue weighted by Gasteiger charge is 2.28. The minimum atomic E-state index is -1.12. The van der Waals surface area contributed by atoms with Gasteiger partial charge in [0.2, 0.25) is 0 Å². The molecule has 0 aliphatic carbocycles. The van der Waals surface area contributed by atoms with Crippen molar-refractivity contribution in [3.8, 4) is 0 Å². The molecule has 2 heterocycles. The minimum absolute atomic E-state index is 0.00983. The van der Waals surface area contributed by atoms with E-state index in [2.05, 4.69) is 0 Å².